The average molecular weight is 279 g/mol. The van der Waals surface area contributed by atoms with Crippen molar-refractivity contribution in [2.75, 3.05) is 5.32 Å². The van der Waals surface area contributed by atoms with Crippen molar-refractivity contribution in [3.05, 3.63) is 34.6 Å². The van der Waals surface area contributed by atoms with Crippen LogP contribution in [0.2, 0.25) is 5.02 Å². The highest BCUT2D eigenvalue weighted by atomic mass is 35.5. The number of aryl methyl sites for hydroxylation is 2. The fraction of sp³-hybridized carbons (Fsp3) is 0.429. The Bertz CT molecular complexity index is 596. The molecule has 102 valence electrons. The summed E-state index contributed by atoms with van der Waals surface area (Å²) >= 11 is 6.21. The summed E-state index contributed by atoms with van der Waals surface area (Å²) in [5.41, 5.74) is 2.03. The van der Waals surface area contributed by atoms with Gasteiger partial charge < -0.3 is 5.32 Å². The lowest BCUT2D eigenvalue weighted by atomic mass is 9.87. The van der Waals surface area contributed by atoms with Gasteiger partial charge >= 0.3 is 0 Å². The van der Waals surface area contributed by atoms with Crippen molar-refractivity contribution in [3.8, 4) is 0 Å². The quantitative estimate of drug-likeness (QED) is 0.908. The molecule has 5 heteroatoms. The third-order valence-corrected chi connectivity index (χ3v) is 3.22. The molecule has 0 fully saturated rings. The van der Waals surface area contributed by atoms with Crippen molar-refractivity contribution in [1.82, 2.24) is 14.8 Å². The van der Waals surface area contributed by atoms with Gasteiger partial charge in [-0.15, -0.1) is 0 Å². The number of hydrogen-bond donors (Lipinski definition) is 1. The van der Waals surface area contributed by atoms with E-state index in [1.807, 2.05) is 26.1 Å². The van der Waals surface area contributed by atoms with Gasteiger partial charge in [0, 0.05) is 19.3 Å². The lowest BCUT2D eigenvalue weighted by Gasteiger charge is -2.21. The molecule has 0 aliphatic rings. The van der Waals surface area contributed by atoms with Gasteiger partial charge in [0.2, 0.25) is 0 Å². The maximum atomic E-state index is 6.21. The lowest BCUT2D eigenvalue weighted by molar-refractivity contribution is 0.590. The second-order valence-electron chi connectivity index (χ2n) is 5.72. The first-order valence-corrected chi connectivity index (χ1v) is 6.59. The molecular formula is C14H19ClN4. The SMILES string of the molecule is Cc1cc(Nc2cc(C(C)(C)C)c(Cl)cn2)n(C)n1. The van der Waals surface area contributed by atoms with Crippen molar-refractivity contribution in [1.29, 1.82) is 0 Å². The van der Waals surface area contributed by atoms with Crippen LogP contribution < -0.4 is 5.32 Å². The second kappa shape index (κ2) is 4.85. The molecule has 0 spiro atoms. The Balaban J connectivity index is 2.34. The highest BCUT2D eigenvalue weighted by molar-refractivity contribution is 6.31. The van der Waals surface area contributed by atoms with E-state index in [4.69, 9.17) is 11.6 Å². The summed E-state index contributed by atoms with van der Waals surface area (Å²) in [6, 6.07) is 3.97. The zero-order valence-electron chi connectivity index (χ0n) is 12.0. The predicted octanol–water partition coefficient (Wildman–Crippen LogP) is 3.82. The Kier molecular flexibility index (Phi) is 3.54. The topological polar surface area (TPSA) is 42.7 Å². The van der Waals surface area contributed by atoms with Crippen LogP contribution in [0.5, 0.6) is 0 Å². The first kappa shape index (κ1) is 13.9. The fourth-order valence-electron chi connectivity index (χ4n) is 1.94. The molecule has 0 atom stereocenters. The van der Waals surface area contributed by atoms with Gasteiger partial charge in [-0.3, -0.25) is 4.68 Å². The van der Waals surface area contributed by atoms with Gasteiger partial charge in [-0.25, -0.2) is 4.98 Å². The zero-order chi connectivity index (χ0) is 14.2. The summed E-state index contributed by atoms with van der Waals surface area (Å²) in [5.74, 6) is 1.68. The number of nitrogens with one attached hydrogen (secondary N) is 1. The van der Waals surface area contributed by atoms with Gasteiger partial charge in [-0.05, 0) is 24.0 Å². The monoisotopic (exact) mass is 278 g/mol. The number of pyridine rings is 1. The van der Waals surface area contributed by atoms with E-state index in [-0.39, 0.29) is 5.41 Å². The summed E-state index contributed by atoms with van der Waals surface area (Å²) in [5, 5.41) is 8.25. The second-order valence-corrected chi connectivity index (χ2v) is 6.13. The van der Waals surface area contributed by atoms with Crippen LogP contribution in [0.15, 0.2) is 18.3 Å². The van der Waals surface area contributed by atoms with E-state index >= 15 is 0 Å². The molecule has 2 heterocycles. The largest absolute Gasteiger partial charge is 0.325 e. The summed E-state index contributed by atoms with van der Waals surface area (Å²) in [6.45, 7) is 8.35. The molecule has 0 bridgehead atoms. The van der Waals surface area contributed by atoms with E-state index in [0.717, 1.165) is 22.9 Å². The highest BCUT2D eigenvalue weighted by Gasteiger charge is 2.18. The summed E-state index contributed by atoms with van der Waals surface area (Å²) in [4.78, 5) is 4.31. The van der Waals surface area contributed by atoms with Gasteiger partial charge in [0.05, 0.1) is 10.7 Å². The molecule has 19 heavy (non-hydrogen) atoms. The van der Waals surface area contributed by atoms with Crippen LogP contribution in [0.1, 0.15) is 32.0 Å². The number of anilines is 2. The Hall–Kier alpha value is -1.55. The standard InChI is InChI=1S/C14H19ClN4/c1-9-6-13(19(5)18-9)17-12-7-10(14(2,3)4)11(15)8-16-12/h6-8H,1-5H3,(H,16,17). The molecule has 2 aromatic rings. The zero-order valence-corrected chi connectivity index (χ0v) is 12.7. The minimum Gasteiger partial charge on any atom is -0.325 e. The van der Waals surface area contributed by atoms with Crippen molar-refractivity contribution >= 4 is 23.2 Å². The molecule has 1 N–H and O–H groups in total. The van der Waals surface area contributed by atoms with E-state index < -0.39 is 0 Å². The number of halogens is 1. The van der Waals surface area contributed by atoms with Gasteiger partial charge in [0.25, 0.3) is 0 Å². The van der Waals surface area contributed by atoms with Crippen LogP contribution in [0, 0.1) is 6.92 Å². The smallest absolute Gasteiger partial charge is 0.131 e. The van der Waals surface area contributed by atoms with Gasteiger partial charge in [-0.1, -0.05) is 32.4 Å². The Morgan fingerprint density at radius 2 is 1.95 bits per heavy atom. The van der Waals surface area contributed by atoms with E-state index in [1.165, 1.54) is 0 Å². The van der Waals surface area contributed by atoms with E-state index in [2.05, 4.69) is 36.2 Å². The van der Waals surface area contributed by atoms with Crippen LogP contribution in [0.3, 0.4) is 0 Å². The maximum absolute atomic E-state index is 6.21. The molecule has 4 nitrogen and oxygen atoms in total. The first-order valence-electron chi connectivity index (χ1n) is 6.21. The third-order valence-electron chi connectivity index (χ3n) is 2.92. The number of nitrogens with zero attached hydrogens (tertiary/aromatic N) is 3. The Labute approximate surface area is 118 Å². The molecule has 0 unspecified atom stereocenters. The molecular weight excluding hydrogens is 260 g/mol. The molecule has 0 aliphatic carbocycles. The van der Waals surface area contributed by atoms with E-state index in [0.29, 0.717) is 5.02 Å². The number of rotatable bonds is 2. The van der Waals surface area contributed by atoms with Crippen molar-refractivity contribution < 1.29 is 0 Å². The Morgan fingerprint density at radius 1 is 1.26 bits per heavy atom. The van der Waals surface area contributed by atoms with Crippen molar-refractivity contribution in [2.24, 2.45) is 7.05 Å². The van der Waals surface area contributed by atoms with E-state index in [1.54, 1.807) is 10.9 Å². The highest BCUT2D eigenvalue weighted by Crippen LogP contribution is 2.31. The van der Waals surface area contributed by atoms with Gasteiger partial charge in [-0.2, -0.15) is 5.10 Å². The van der Waals surface area contributed by atoms with Crippen molar-refractivity contribution in [2.45, 2.75) is 33.1 Å². The molecule has 0 aliphatic heterocycles. The van der Waals surface area contributed by atoms with Crippen molar-refractivity contribution in [3.63, 3.8) is 0 Å². The summed E-state index contributed by atoms with van der Waals surface area (Å²) in [6.07, 6.45) is 1.69. The summed E-state index contributed by atoms with van der Waals surface area (Å²) < 4.78 is 1.79. The lowest BCUT2D eigenvalue weighted by Crippen LogP contribution is -2.13. The predicted molar refractivity (Wildman–Crippen MR) is 79.2 cm³/mol. The minimum atomic E-state index is -0.0151. The number of aromatic nitrogens is 3. The maximum Gasteiger partial charge on any atom is 0.131 e. The molecule has 2 aromatic heterocycles. The van der Waals surface area contributed by atoms with Crippen LogP contribution in [0.4, 0.5) is 11.6 Å². The third kappa shape index (κ3) is 3.07. The normalized spacial score (nSPS) is 11.7. The average Bonchev–Trinajstić information content (AvgIpc) is 2.58. The Morgan fingerprint density at radius 3 is 2.47 bits per heavy atom. The molecule has 0 radical (unpaired) electrons. The van der Waals surface area contributed by atoms with Crippen LogP contribution >= 0.6 is 11.6 Å². The van der Waals surface area contributed by atoms with Gasteiger partial charge in [0.1, 0.15) is 11.6 Å². The molecule has 0 saturated heterocycles. The molecule has 0 amide bonds. The minimum absolute atomic E-state index is 0.0151. The molecule has 2 rings (SSSR count). The van der Waals surface area contributed by atoms with Gasteiger partial charge in [0.15, 0.2) is 0 Å². The van der Waals surface area contributed by atoms with E-state index in [9.17, 15) is 0 Å². The van der Waals surface area contributed by atoms with Crippen LogP contribution in [-0.4, -0.2) is 14.8 Å². The molecule has 0 aromatic carbocycles. The summed E-state index contributed by atoms with van der Waals surface area (Å²) in [7, 11) is 1.90. The first-order chi connectivity index (χ1) is 8.77. The molecule has 0 saturated carbocycles. The van der Waals surface area contributed by atoms with Crippen LogP contribution in [-0.2, 0) is 12.5 Å². The van der Waals surface area contributed by atoms with Crippen LogP contribution in [0.25, 0.3) is 0 Å². The fourth-order valence-corrected chi connectivity index (χ4v) is 2.33. The number of hydrogen-bond acceptors (Lipinski definition) is 3.